The van der Waals surface area contributed by atoms with Crippen LogP contribution in [0.15, 0.2) is 59.8 Å². The van der Waals surface area contributed by atoms with Gasteiger partial charge >= 0.3 is 18.0 Å². The third kappa shape index (κ3) is 5.18. The summed E-state index contributed by atoms with van der Waals surface area (Å²) < 4.78 is 20.9. The van der Waals surface area contributed by atoms with Gasteiger partial charge in [-0.2, -0.15) is 0 Å². The number of esters is 2. The molecule has 0 aliphatic carbocycles. The Kier molecular flexibility index (Phi) is 7.33. The third-order valence-corrected chi connectivity index (χ3v) is 4.72. The van der Waals surface area contributed by atoms with Crippen LogP contribution in [0.5, 0.6) is 11.5 Å². The van der Waals surface area contributed by atoms with E-state index >= 15 is 0 Å². The first-order valence-electron chi connectivity index (χ1n) is 9.89. The molecule has 2 amide bonds. The van der Waals surface area contributed by atoms with Crippen LogP contribution in [0.2, 0.25) is 0 Å². The molecule has 1 aliphatic rings. The van der Waals surface area contributed by atoms with Gasteiger partial charge in [0.15, 0.2) is 0 Å². The SMILES string of the molecule is CCOC(=O)C1=C(COC(=O)c2cc(OC)cc(OC)c2)NC(=O)NC1c1ccccc1. The van der Waals surface area contributed by atoms with Crippen LogP contribution in [-0.4, -0.2) is 45.4 Å². The average molecular weight is 440 g/mol. The van der Waals surface area contributed by atoms with Crippen molar-refractivity contribution in [3.05, 3.63) is 70.9 Å². The summed E-state index contributed by atoms with van der Waals surface area (Å²) in [6.45, 7) is 1.48. The highest BCUT2D eigenvalue weighted by atomic mass is 16.5. The quantitative estimate of drug-likeness (QED) is 0.607. The molecule has 2 N–H and O–H groups in total. The van der Waals surface area contributed by atoms with E-state index in [4.69, 9.17) is 18.9 Å². The van der Waals surface area contributed by atoms with Crippen LogP contribution in [0.3, 0.4) is 0 Å². The summed E-state index contributed by atoms with van der Waals surface area (Å²) in [4.78, 5) is 37.7. The Hall–Kier alpha value is -4.01. The summed E-state index contributed by atoms with van der Waals surface area (Å²) in [5.74, 6) is -0.464. The monoisotopic (exact) mass is 440 g/mol. The van der Waals surface area contributed by atoms with E-state index in [1.807, 2.05) is 6.07 Å². The molecule has 168 valence electrons. The number of carbonyl (C=O) groups is 3. The van der Waals surface area contributed by atoms with Crippen molar-refractivity contribution in [2.75, 3.05) is 27.4 Å². The van der Waals surface area contributed by atoms with Crippen molar-refractivity contribution < 1.29 is 33.3 Å². The minimum Gasteiger partial charge on any atom is -0.497 e. The predicted octanol–water partition coefficient (Wildman–Crippen LogP) is 2.73. The highest BCUT2D eigenvalue weighted by molar-refractivity contribution is 5.95. The van der Waals surface area contributed by atoms with Crippen molar-refractivity contribution >= 4 is 18.0 Å². The predicted molar refractivity (Wildman–Crippen MR) is 114 cm³/mol. The highest BCUT2D eigenvalue weighted by Crippen LogP contribution is 2.28. The number of benzene rings is 2. The minimum atomic E-state index is -0.755. The van der Waals surface area contributed by atoms with Crippen LogP contribution in [0.25, 0.3) is 0 Å². The van der Waals surface area contributed by atoms with E-state index in [9.17, 15) is 14.4 Å². The van der Waals surface area contributed by atoms with Crippen LogP contribution < -0.4 is 20.1 Å². The van der Waals surface area contributed by atoms with Gasteiger partial charge in [-0.25, -0.2) is 14.4 Å². The van der Waals surface area contributed by atoms with Gasteiger partial charge in [-0.1, -0.05) is 30.3 Å². The van der Waals surface area contributed by atoms with Crippen molar-refractivity contribution in [2.24, 2.45) is 0 Å². The lowest BCUT2D eigenvalue weighted by molar-refractivity contribution is -0.139. The second kappa shape index (κ2) is 10.3. The summed E-state index contributed by atoms with van der Waals surface area (Å²) in [7, 11) is 2.93. The van der Waals surface area contributed by atoms with E-state index in [2.05, 4.69) is 10.6 Å². The third-order valence-electron chi connectivity index (χ3n) is 4.72. The zero-order valence-corrected chi connectivity index (χ0v) is 18.0. The van der Waals surface area contributed by atoms with Gasteiger partial charge in [-0.3, -0.25) is 0 Å². The topological polar surface area (TPSA) is 112 Å². The lowest BCUT2D eigenvalue weighted by atomic mass is 9.95. The Labute approximate surface area is 185 Å². The summed E-state index contributed by atoms with van der Waals surface area (Å²) in [6, 6.07) is 12.3. The molecule has 0 spiro atoms. The molecule has 0 saturated carbocycles. The fraction of sp³-hybridized carbons (Fsp3) is 0.261. The van der Waals surface area contributed by atoms with Crippen molar-refractivity contribution in [1.82, 2.24) is 10.6 Å². The molecule has 1 heterocycles. The zero-order chi connectivity index (χ0) is 23.1. The molecule has 2 aromatic carbocycles. The normalized spacial score (nSPS) is 15.3. The number of urea groups is 1. The van der Waals surface area contributed by atoms with E-state index in [1.54, 1.807) is 37.3 Å². The summed E-state index contributed by atoms with van der Waals surface area (Å²) in [5, 5.41) is 5.28. The maximum absolute atomic E-state index is 12.7. The molecule has 1 atom stereocenters. The molecular formula is C23H24N2O7. The molecule has 2 aromatic rings. The lowest BCUT2D eigenvalue weighted by Gasteiger charge is -2.29. The number of ether oxygens (including phenoxy) is 4. The molecule has 32 heavy (non-hydrogen) atoms. The number of methoxy groups -OCH3 is 2. The van der Waals surface area contributed by atoms with E-state index in [-0.39, 0.29) is 30.0 Å². The van der Waals surface area contributed by atoms with Gasteiger partial charge in [-0.05, 0) is 24.6 Å². The molecule has 9 nitrogen and oxygen atoms in total. The van der Waals surface area contributed by atoms with Gasteiger partial charge in [0.25, 0.3) is 0 Å². The molecule has 3 rings (SSSR count). The van der Waals surface area contributed by atoms with Crippen molar-refractivity contribution in [3.8, 4) is 11.5 Å². The minimum absolute atomic E-state index is 0.143. The van der Waals surface area contributed by atoms with Crippen LogP contribution >= 0.6 is 0 Å². The second-order valence-electron chi connectivity index (χ2n) is 6.73. The Morgan fingerprint density at radius 3 is 2.19 bits per heavy atom. The number of hydrogen-bond donors (Lipinski definition) is 2. The fourth-order valence-electron chi connectivity index (χ4n) is 3.22. The first-order valence-corrected chi connectivity index (χ1v) is 9.89. The van der Waals surface area contributed by atoms with Crippen LogP contribution in [0, 0.1) is 0 Å². The van der Waals surface area contributed by atoms with Crippen molar-refractivity contribution in [2.45, 2.75) is 13.0 Å². The first-order chi connectivity index (χ1) is 15.5. The van der Waals surface area contributed by atoms with Crippen LogP contribution in [0.1, 0.15) is 28.9 Å². The number of hydrogen-bond acceptors (Lipinski definition) is 7. The smallest absolute Gasteiger partial charge is 0.338 e. The maximum Gasteiger partial charge on any atom is 0.338 e. The molecule has 0 aromatic heterocycles. The van der Waals surface area contributed by atoms with Gasteiger partial charge in [0.1, 0.15) is 18.1 Å². The highest BCUT2D eigenvalue weighted by Gasteiger charge is 2.34. The lowest BCUT2D eigenvalue weighted by Crippen LogP contribution is -2.47. The summed E-state index contributed by atoms with van der Waals surface area (Å²) >= 11 is 0. The number of amides is 2. The Bertz CT molecular complexity index is 1010. The number of rotatable bonds is 8. The molecule has 1 aliphatic heterocycles. The fourth-order valence-corrected chi connectivity index (χ4v) is 3.22. The second-order valence-corrected chi connectivity index (χ2v) is 6.73. The van der Waals surface area contributed by atoms with Gasteiger partial charge in [-0.15, -0.1) is 0 Å². The van der Waals surface area contributed by atoms with Gasteiger partial charge in [0, 0.05) is 6.07 Å². The van der Waals surface area contributed by atoms with Crippen molar-refractivity contribution in [1.29, 1.82) is 0 Å². The van der Waals surface area contributed by atoms with E-state index in [1.165, 1.54) is 26.4 Å². The van der Waals surface area contributed by atoms with Crippen molar-refractivity contribution in [3.63, 3.8) is 0 Å². The number of nitrogens with one attached hydrogen (secondary N) is 2. The Morgan fingerprint density at radius 2 is 1.59 bits per heavy atom. The summed E-state index contributed by atoms with van der Waals surface area (Å²) in [5.41, 5.74) is 1.18. The first kappa shape index (κ1) is 22.7. The van der Waals surface area contributed by atoms with Gasteiger partial charge in [0.05, 0.1) is 43.7 Å². The van der Waals surface area contributed by atoms with E-state index in [0.717, 1.165) is 0 Å². The molecule has 0 radical (unpaired) electrons. The molecule has 1 unspecified atom stereocenters. The largest absolute Gasteiger partial charge is 0.497 e. The zero-order valence-electron chi connectivity index (χ0n) is 18.0. The average Bonchev–Trinajstić information content (AvgIpc) is 2.82. The molecule has 0 fully saturated rings. The Balaban J connectivity index is 1.91. The standard InChI is InChI=1S/C23H24N2O7/c1-4-31-22(27)19-18(24-23(28)25-20(19)14-8-6-5-7-9-14)13-32-21(26)15-10-16(29-2)12-17(11-15)30-3/h5-12,20H,4,13H2,1-3H3,(H2,24,25,28). The van der Waals surface area contributed by atoms with Crippen LogP contribution in [0.4, 0.5) is 4.79 Å². The van der Waals surface area contributed by atoms with E-state index < -0.39 is 24.0 Å². The van der Waals surface area contributed by atoms with E-state index in [0.29, 0.717) is 17.1 Å². The Morgan fingerprint density at radius 1 is 0.938 bits per heavy atom. The molecule has 0 bridgehead atoms. The van der Waals surface area contributed by atoms with Crippen LogP contribution in [-0.2, 0) is 14.3 Å². The summed E-state index contributed by atoms with van der Waals surface area (Å²) in [6.07, 6.45) is 0. The molecule has 0 saturated heterocycles. The van der Waals surface area contributed by atoms with Gasteiger partial charge in [0.2, 0.25) is 0 Å². The van der Waals surface area contributed by atoms with Gasteiger partial charge < -0.3 is 29.6 Å². The molecular weight excluding hydrogens is 416 g/mol. The number of carbonyl (C=O) groups excluding carboxylic acids is 3. The molecule has 9 heteroatoms. The maximum atomic E-state index is 12.7.